The Labute approximate surface area is 167 Å². The molecule has 1 aliphatic carbocycles. The first-order valence-electron chi connectivity index (χ1n) is 9.03. The van der Waals surface area contributed by atoms with E-state index in [0.29, 0.717) is 29.0 Å². The number of nitrogens with zero attached hydrogens (tertiary/aromatic N) is 2. The van der Waals surface area contributed by atoms with E-state index in [2.05, 4.69) is 20.8 Å². The fourth-order valence-corrected chi connectivity index (χ4v) is 3.41. The normalized spacial score (nSPS) is 14.2. The summed E-state index contributed by atoms with van der Waals surface area (Å²) in [7, 11) is -3.77. The summed E-state index contributed by atoms with van der Waals surface area (Å²) < 4.78 is 27.8. The molecule has 1 aliphatic rings. The highest BCUT2D eigenvalue weighted by atomic mass is 32.2. The van der Waals surface area contributed by atoms with Gasteiger partial charge in [-0.25, -0.2) is 18.4 Å². The van der Waals surface area contributed by atoms with Gasteiger partial charge in [0.15, 0.2) is 0 Å². The number of sulfonamides is 1. The molecule has 0 unspecified atom stereocenters. The van der Waals surface area contributed by atoms with Gasteiger partial charge in [0.2, 0.25) is 21.7 Å². The Kier molecular flexibility index (Phi) is 5.03. The van der Waals surface area contributed by atoms with Gasteiger partial charge in [-0.3, -0.25) is 0 Å². The first kappa shape index (κ1) is 19.1. The molecule has 0 saturated heterocycles. The van der Waals surface area contributed by atoms with Crippen molar-refractivity contribution in [3.8, 4) is 11.4 Å². The van der Waals surface area contributed by atoms with Crippen molar-refractivity contribution < 1.29 is 17.7 Å². The molecule has 9 nitrogen and oxygen atoms in total. The van der Waals surface area contributed by atoms with Gasteiger partial charge >= 0.3 is 6.03 Å². The van der Waals surface area contributed by atoms with Crippen molar-refractivity contribution in [3.05, 3.63) is 54.4 Å². The predicted molar refractivity (Wildman–Crippen MR) is 107 cm³/mol. The van der Waals surface area contributed by atoms with Crippen LogP contribution in [0.15, 0.2) is 57.9 Å². The van der Waals surface area contributed by atoms with E-state index in [1.807, 2.05) is 0 Å². The van der Waals surface area contributed by atoms with Crippen LogP contribution in [0.5, 0.6) is 0 Å². The SMILES string of the molecule is NS(=O)(=O)c1ccc(NC(=O)Nc2ccc(-c3noc(C4CCC4)n3)cc2)cc1. The van der Waals surface area contributed by atoms with Crippen molar-refractivity contribution in [1.29, 1.82) is 0 Å². The number of amides is 2. The second kappa shape index (κ2) is 7.64. The summed E-state index contributed by atoms with van der Waals surface area (Å²) in [4.78, 5) is 16.5. The molecular weight excluding hydrogens is 394 g/mol. The molecule has 2 aromatic carbocycles. The molecule has 0 atom stereocenters. The lowest BCUT2D eigenvalue weighted by atomic mass is 9.85. The molecule has 0 radical (unpaired) electrons. The van der Waals surface area contributed by atoms with Gasteiger partial charge in [-0.15, -0.1) is 0 Å². The molecule has 1 aromatic heterocycles. The average Bonchev–Trinajstić information content (AvgIpc) is 3.10. The van der Waals surface area contributed by atoms with Gasteiger partial charge in [-0.1, -0.05) is 11.6 Å². The number of hydrogen-bond acceptors (Lipinski definition) is 6. The van der Waals surface area contributed by atoms with Gasteiger partial charge < -0.3 is 15.2 Å². The Hall–Kier alpha value is -3.24. The minimum absolute atomic E-state index is 0.0269. The van der Waals surface area contributed by atoms with Crippen molar-refractivity contribution in [2.45, 2.75) is 30.1 Å². The standard InChI is InChI=1S/C19H19N5O4S/c20-29(26,27)16-10-8-15(9-11-16)22-19(25)21-14-6-4-12(5-7-14)17-23-18(28-24-17)13-2-1-3-13/h4-11,13H,1-3H2,(H2,20,26,27)(H2,21,22,25). The number of rotatable bonds is 5. The molecule has 29 heavy (non-hydrogen) atoms. The largest absolute Gasteiger partial charge is 0.339 e. The van der Waals surface area contributed by atoms with Crippen molar-refractivity contribution >= 4 is 27.4 Å². The molecule has 0 spiro atoms. The van der Waals surface area contributed by atoms with Crippen molar-refractivity contribution in [2.24, 2.45) is 5.14 Å². The van der Waals surface area contributed by atoms with Crippen LogP contribution in [0.4, 0.5) is 16.2 Å². The van der Waals surface area contributed by atoms with Crippen LogP contribution >= 0.6 is 0 Å². The molecular formula is C19H19N5O4S. The quantitative estimate of drug-likeness (QED) is 0.586. The summed E-state index contributed by atoms with van der Waals surface area (Å²) in [5.41, 5.74) is 1.81. The highest BCUT2D eigenvalue weighted by Crippen LogP contribution is 2.36. The maximum absolute atomic E-state index is 12.1. The minimum atomic E-state index is -3.77. The van der Waals surface area contributed by atoms with Crippen LogP contribution < -0.4 is 15.8 Å². The fourth-order valence-electron chi connectivity index (χ4n) is 2.90. The molecule has 4 N–H and O–H groups in total. The molecule has 3 aromatic rings. The summed E-state index contributed by atoms with van der Waals surface area (Å²) in [5.74, 6) is 1.58. The number of hydrogen-bond donors (Lipinski definition) is 3. The molecule has 4 rings (SSSR count). The Morgan fingerprint density at radius 2 is 1.59 bits per heavy atom. The van der Waals surface area contributed by atoms with Crippen LogP contribution in [0.1, 0.15) is 31.1 Å². The van der Waals surface area contributed by atoms with Gasteiger partial charge in [0.1, 0.15) is 0 Å². The van der Waals surface area contributed by atoms with Crippen LogP contribution in [0.3, 0.4) is 0 Å². The highest BCUT2D eigenvalue weighted by molar-refractivity contribution is 7.89. The predicted octanol–water partition coefficient (Wildman–Crippen LogP) is 3.30. The smallest absolute Gasteiger partial charge is 0.323 e. The van der Waals surface area contributed by atoms with Gasteiger partial charge in [-0.05, 0) is 61.4 Å². The first-order valence-corrected chi connectivity index (χ1v) is 10.6. The number of nitrogens with two attached hydrogens (primary N) is 1. The summed E-state index contributed by atoms with van der Waals surface area (Å²) in [6.07, 6.45) is 3.37. The summed E-state index contributed by atoms with van der Waals surface area (Å²) in [5, 5.41) is 14.4. The third kappa shape index (κ3) is 4.44. The number of carbonyl (C=O) groups excluding carboxylic acids is 1. The maximum Gasteiger partial charge on any atom is 0.323 e. The maximum atomic E-state index is 12.1. The first-order chi connectivity index (χ1) is 13.9. The van der Waals surface area contributed by atoms with Gasteiger partial charge in [-0.2, -0.15) is 4.98 Å². The molecule has 0 bridgehead atoms. The number of aromatic nitrogens is 2. The number of carbonyl (C=O) groups is 1. The van der Waals surface area contributed by atoms with Crippen LogP contribution in [-0.4, -0.2) is 24.6 Å². The molecule has 2 amide bonds. The number of benzene rings is 2. The van der Waals surface area contributed by atoms with E-state index in [4.69, 9.17) is 9.66 Å². The van der Waals surface area contributed by atoms with E-state index in [1.54, 1.807) is 24.3 Å². The molecule has 150 valence electrons. The Morgan fingerprint density at radius 1 is 1.00 bits per heavy atom. The molecule has 1 saturated carbocycles. The highest BCUT2D eigenvalue weighted by Gasteiger charge is 2.25. The number of nitrogens with one attached hydrogen (secondary N) is 2. The number of urea groups is 1. The zero-order valence-corrected chi connectivity index (χ0v) is 16.1. The van der Waals surface area contributed by atoms with Crippen LogP contribution in [0, 0.1) is 0 Å². The van der Waals surface area contributed by atoms with E-state index < -0.39 is 16.1 Å². The Balaban J connectivity index is 1.37. The summed E-state index contributed by atoms with van der Waals surface area (Å²) in [6.45, 7) is 0. The number of anilines is 2. The van der Waals surface area contributed by atoms with Crippen molar-refractivity contribution in [3.63, 3.8) is 0 Å². The second-order valence-electron chi connectivity index (χ2n) is 6.81. The molecule has 1 heterocycles. The lowest BCUT2D eigenvalue weighted by molar-refractivity contribution is 0.262. The Bertz CT molecular complexity index is 1120. The van der Waals surface area contributed by atoms with E-state index in [-0.39, 0.29) is 4.90 Å². The van der Waals surface area contributed by atoms with Crippen LogP contribution in [0.2, 0.25) is 0 Å². The zero-order chi connectivity index (χ0) is 20.4. The zero-order valence-electron chi connectivity index (χ0n) is 15.3. The minimum Gasteiger partial charge on any atom is -0.339 e. The van der Waals surface area contributed by atoms with Crippen molar-refractivity contribution in [1.82, 2.24) is 10.1 Å². The second-order valence-corrected chi connectivity index (χ2v) is 8.37. The lowest BCUT2D eigenvalue weighted by Crippen LogP contribution is -2.19. The summed E-state index contributed by atoms with van der Waals surface area (Å²) in [6, 6.07) is 12.2. The molecule has 1 fully saturated rings. The van der Waals surface area contributed by atoms with E-state index in [1.165, 1.54) is 30.7 Å². The summed E-state index contributed by atoms with van der Waals surface area (Å²) >= 11 is 0. The Morgan fingerprint density at radius 3 is 2.10 bits per heavy atom. The fraction of sp³-hybridized carbons (Fsp3) is 0.211. The lowest BCUT2D eigenvalue weighted by Gasteiger charge is -2.20. The van der Waals surface area contributed by atoms with Crippen LogP contribution in [0.25, 0.3) is 11.4 Å². The third-order valence-electron chi connectivity index (χ3n) is 4.74. The van der Waals surface area contributed by atoms with E-state index >= 15 is 0 Å². The van der Waals surface area contributed by atoms with Crippen molar-refractivity contribution in [2.75, 3.05) is 10.6 Å². The third-order valence-corrected chi connectivity index (χ3v) is 5.67. The monoisotopic (exact) mass is 413 g/mol. The number of primary sulfonamides is 1. The topological polar surface area (TPSA) is 140 Å². The van der Waals surface area contributed by atoms with Gasteiger partial charge in [0, 0.05) is 22.9 Å². The average molecular weight is 413 g/mol. The van der Waals surface area contributed by atoms with E-state index in [9.17, 15) is 13.2 Å². The van der Waals surface area contributed by atoms with E-state index in [0.717, 1.165) is 18.4 Å². The van der Waals surface area contributed by atoms with Crippen LogP contribution in [-0.2, 0) is 10.0 Å². The molecule has 0 aliphatic heterocycles. The molecule has 10 heteroatoms. The van der Waals surface area contributed by atoms with Gasteiger partial charge in [0.05, 0.1) is 4.90 Å². The van der Waals surface area contributed by atoms with Gasteiger partial charge in [0.25, 0.3) is 0 Å².